The van der Waals surface area contributed by atoms with Gasteiger partial charge in [-0.05, 0) is 67.0 Å². The van der Waals surface area contributed by atoms with E-state index in [4.69, 9.17) is 0 Å². The van der Waals surface area contributed by atoms with Crippen LogP contribution in [-0.2, 0) is 17.4 Å². The van der Waals surface area contributed by atoms with Gasteiger partial charge in [-0.3, -0.25) is 9.59 Å². The zero-order valence-electron chi connectivity index (χ0n) is 14.6. The normalized spacial score (nSPS) is 11.2. The number of aliphatic carboxylic acids is 1. The van der Waals surface area contributed by atoms with Crippen molar-refractivity contribution in [3.05, 3.63) is 57.6 Å². The van der Waals surface area contributed by atoms with Gasteiger partial charge in [0, 0.05) is 5.56 Å². The first-order chi connectivity index (χ1) is 11.4. The van der Waals surface area contributed by atoms with Gasteiger partial charge in [0.05, 0.1) is 6.42 Å². The molecule has 0 bridgehead atoms. The van der Waals surface area contributed by atoms with E-state index < -0.39 is 5.97 Å². The van der Waals surface area contributed by atoms with Crippen LogP contribution in [0.3, 0.4) is 0 Å². The van der Waals surface area contributed by atoms with Gasteiger partial charge in [0.25, 0.3) is 0 Å². The predicted octanol–water partition coefficient (Wildman–Crippen LogP) is 4.53. The van der Waals surface area contributed by atoms with Crippen molar-refractivity contribution in [2.75, 3.05) is 6.66 Å². The molecule has 1 unspecified atom stereocenters. The number of carboxylic acid groups (broad SMARTS) is 1. The third-order valence-electron chi connectivity index (χ3n) is 4.45. The van der Waals surface area contributed by atoms with E-state index in [9.17, 15) is 14.7 Å². The Hall–Kier alpha value is -1.99. The van der Waals surface area contributed by atoms with Crippen LogP contribution in [0.25, 0.3) is 11.1 Å². The summed E-state index contributed by atoms with van der Waals surface area (Å²) in [5.41, 5.74) is 7.41. The Labute approximate surface area is 144 Å². The minimum absolute atomic E-state index is 0.0780. The quantitative estimate of drug-likeness (QED) is 0.620. The first kappa shape index (κ1) is 18.4. The van der Waals surface area contributed by atoms with Crippen LogP contribution in [0.1, 0.15) is 38.2 Å². The lowest BCUT2D eigenvalue weighted by Crippen LogP contribution is -2.10. The lowest BCUT2D eigenvalue weighted by molar-refractivity contribution is -0.136. The molecule has 0 amide bonds. The average molecular weight is 342 g/mol. The molecule has 4 heteroatoms. The van der Waals surface area contributed by atoms with Gasteiger partial charge in [-0.25, -0.2) is 0 Å². The van der Waals surface area contributed by atoms with Gasteiger partial charge < -0.3 is 5.11 Å². The number of carboxylic acids is 1. The van der Waals surface area contributed by atoms with E-state index >= 15 is 0 Å². The van der Waals surface area contributed by atoms with E-state index in [1.54, 1.807) is 0 Å². The van der Waals surface area contributed by atoms with Gasteiger partial charge in [0.1, 0.15) is 0 Å². The highest BCUT2D eigenvalue weighted by molar-refractivity contribution is 7.36. The van der Waals surface area contributed by atoms with Crippen molar-refractivity contribution >= 4 is 20.8 Å². The highest BCUT2D eigenvalue weighted by Gasteiger charge is 2.21. The first-order valence-electron chi connectivity index (χ1n) is 7.94. The van der Waals surface area contributed by atoms with Crippen molar-refractivity contribution in [2.45, 2.75) is 33.4 Å². The molecule has 2 rings (SSSR count). The topological polar surface area (TPSA) is 54.4 Å². The number of hydrogen-bond donors (Lipinski definition) is 1. The number of benzene rings is 2. The number of rotatable bonds is 6. The van der Waals surface area contributed by atoms with Crippen LogP contribution in [0.15, 0.2) is 24.3 Å². The summed E-state index contributed by atoms with van der Waals surface area (Å²) in [6.45, 7) is 8.00. The summed E-state index contributed by atoms with van der Waals surface area (Å²) in [6, 6.07) is 8.12. The minimum atomic E-state index is -0.882. The summed E-state index contributed by atoms with van der Waals surface area (Å²) >= 11 is 0. The minimum Gasteiger partial charge on any atom is -0.481 e. The molecule has 0 radical (unpaired) electrons. The zero-order valence-corrected chi connectivity index (χ0v) is 15.6. The Morgan fingerprint density at radius 2 is 1.71 bits per heavy atom. The Morgan fingerprint density at radius 1 is 1.08 bits per heavy atom. The molecule has 0 fully saturated rings. The summed E-state index contributed by atoms with van der Waals surface area (Å²) in [4.78, 5) is 23.1. The molecule has 0 saturated heterocycles. The summed E-state index contributed by atoms with van der Waals surface area (Å²) in [5.74, 6) is -0.882. The Balaban J connectivity index is 2.85. The molecule has 0 aliphatic rings. The molecule has 2 aromatic carbocycles. The van der Waals surface area contributed by atoms with Crippen LogP contribution >= 0.6 is 8.58 Å². The third-order valence-corrected chi connectivity index (χ3v) is 5.16. The predicted molar refractivity (Wildman–Crippen MR) is 101 cm³/mol. The second kappa shape index (κ2) is 7.72. The average Bonchev–Trinajstić information content (AvgIpc) is 2.54. The molecular weight excluding hydrogens is 319 g/mol. The summed E-state index contributed by atoms with van der Waals surface area (Å²) in [5, 5.41) is 9.35. The van der Waals surface area contributed by atoms with Crippen LogP contribution in [0.2, 0.25) is 0 Å². The molecule has 0 heterocycles. The smallest absolute Gasteiger partial charge is 0.307 e. The summed E-state index contributed by atoms with van der Waals surface area (Å²) in [6.07, 6.45) is 1.64. The maximum Gasteiger partial charge on any atom is 0.307 e. The molecule has 126 valence electrons. The number of carbonyl (C=O) groups excluding carboxylic acids is 1. The van der Waals surface area contributed by atoms with Crippen LogP contribution in [0.4, 0.5) is 0 Å². The maximum absolute atomic E-state index is 11.7. The van der Waals surface area contributed by atoms with Crippen molar-refractivity contribution in [3.8, 4) is 11.1 Å². The lowest BCUT2D eigenvalue weighted by Gasteiger charge is -2.21. The third kappa shape index (κ3) is 3.57. The van der Waals surface area contributed by atoms with Gasteiger partial charge in [-0.2, -0.15) is 0 Å². The van der Waals surface area contributed by atoms with Crippen LogP contribution < -0.4 is 0 Å². The van der Waals surface area contributed by atoms with Gasteiger partial charge in [0.2, 0.25) is 0 Å². The van der Waals surface area contributed by atoms with E-state index in [2.05, 4.69) is 6.66 Å². The standard InChI is InChI=1S/C20H23O3P/c1-12-5-7-15(8-6-12)20-14(3)18(11-24-4)17(10-21)13(2)16(20)9-19(22)23/h5-8,10,24H,9,11H2,1-4H3,(H,22,23). The summed E-state index contributed by atoms with van der Waals surface area (Å²) in [7, 11) is 0.697. The van der Waals surface area contributed by atoms with Gasteiger partial charge in [-0.15, -0.1) is 8.58 Å². The monoisotopic (exact) mass is 342 g/mol. The van der Waals surface area contributed by atoms with Gasteiger partial charge >= 0.3 is 5.97 Å². The molecule has 3 nitrogen and oxygen atoms in total. The molecule has 0 spiro atoms. The molecule has 1 atom stereocenters. The Morgan fingerprint density at radius 3 is 2.21 bits per heavy atom. The van der Waals surface area contributed by atoms with Crippen molar-refractivity contribution < 1.29 is 14.7 Å². The fourth-order valence-electron chi connectivity index (χ4n) is 3.20. The molecule has 2 aromatic rings. The van der Waals surface area contributed by atoms with Crippen molar-refractivity contribution in [1.29, 1.82) is 0 Å². The number of aryl methyl sites for hydroxylation is 1. The lowest BCUT2D eigenvalue weighted by atomic mass is 9.84. The molecule has 0 aromatic heterocycles. The van der Waals surface area contributed by atoms with Crippen molar-refractivity contribution in [3.63, 3.8) is 0 Å². The molecular formula is C20H23O3P. The zero-order chi connectivity index (χ0) is 17.9. The van der Waals surface area contributed by atoms with Crippen LogP contribution in [0, 0.1) is 20.8 Å². The first-order valence-corrected chi connectivity index (χ1v) is 9.64. The number of aldehydes is 1. The van der Waals surface area contributed by atoms with Gasteiger partial charge in [0.15, 0.2) is 6.29 Å². The molecule has 24 heavy (non-hydrogen) atoms. The largest absolute Gasteiger partial charge is 0.481 e. The van der Waals surface area contributed by atoms with Crippen molar-refractivity contribution in [1.82, 2.24) is 0 Å². The van der Waals surface area contributed by atoms with Crippen LogP contribution in [-0.4, -0.2) is 24.0 Å². The second-order valence-corrected chi connectivity index (χ2v) is 7.14. The fourth-order valence-corrected chi connectivity index (χ4v) is 4.01. The highest BCUT2D eigenvalue weighted by Crippen LogP contribution is 2.37. The molecule has 0 aliphatic heterocycles. The Kier molecular flexibility index (Phi) is 5.90. The molecule has 1 N–H and O–H groups in total. The number of hydrogen-bond acceptors (Lipinski definition) is 2. The SMILES string of the molecule is CPCc1c(C)c(-c2ccc(C)cc2)c(CC(=O)O)c(C)c1C=O. The second-order valence-electron chi connectivity index (χ2n) is 6.08. The van der Waals surface area contributed by atoms with Crippen LogP contribution in [0.5, 0.6) is 0 Å². The van der Waals surface area contributed by atoms with E-state index in [0.29, 0.717) is 14.1 Å². The van der Waals surface area contributed by atoms with Crippen molar-refractivity contribution in [2.24, 2.45) is 0 Å². The Bertz CT molecular complexity index is 777. The highest BCUT2D eigenvalue weighted by atomic mass is 31.1. The number of carbonyl (C=O) groups is 2. The van der Waals surface area contributed by atoms with Gasteiger partial charge in [-0.1, -0.05) is 29.8 Å². The molecule has 0 saturated carbocycles. The fraction of sp³-hybridized carbons (Fsp3) is 0.300. The molecule has 0 aliphatic carbocycles. The maximum atomic E-state index is 11.7. The van der Waals surface area contributed by atoms with E-state index in [0.717, 1.165) is 51.4 Å². The van der Waals surface area contributed by atoms with E-state index in [-0.39, 0.29) is 6.42 Å². The van der Waals surface area contributed by atoms with E-state index in [1.807, 2.05) is 45.0 Å². The van der Waals surface area contributed by atoms with E-state index in [1.165, 1.54) is 0 Å². The summed E-state index contributed by atoms with van der Waals surface area (Å²) < 4.78 is 0.